The number of urea groups is 1. The van der Waals surface area contributed by atoms with Gasteiger partial charge in [0.05, 0.1) is 11.5 Å². The van der Waals surface area contributed by atoms with Gasteiger partial charge in [-0.25, -0.2) is 13.6 Å². The van der Waals surface area contributed by atoms with Crippen LogP contribution in [0.2, 0.25) is 0 Å². The third kappa shape index (κ3) is 3.73. The molecule has 2 fully saturated rings. The number of amides is 3. The molecule has 168 valence electrons. The highest BCUT2D eigenvalue weighted by Crippen LogP contribution is 2.57. The molecule has 0 radical (unpaired) electrons. The Hall–Kier alpha value is -3.74. The molecule has 0 aromatic heterocycles. The van der Waals surface area contributed by atoms with Crippen LogP contribution in [0.1, 0.15) is 24.4 Å². The Balaban J connectivity index is 1.36. The standard InChI is InChI=1S/C26H23F2N3O2/c27-19-9-11-21(12-10-19)29-25(33)30-15-13-26(14-16-30)23(18-5-2-1-3-6-18)31(24(26)32)22-8-4-7-20(28)17-22/h1-12,17,23H,13-16H2,(H,29,33). The largest absolute Gasteiger partial charge is 0.324 e. The average Bonchev–Trinajstić information content (AvgIpc) is 2.84. The second-order valence-electron chi connectivity index (χ2n) is 8.55. The van der Waals surface area contributed by atoms with Crippen LogP contribution in [0, 0.1) is 17.0 Å². The summed E-state index contributed by atoms with van der Waals surface area (Å²) in [5.74, 6) is -0.799. The van der Waals surface area contributed by atoms with Gasteiger partial charge in [-0.1, -0.05) is 36.4 Å². The average molecular weight is 447 g/mol. The van der Waals surface area contributed by atoms with Crippen molar-refractivity contribution in [2.24, 2.45) is 5.41 Å². The van der Waals surface area contributed by atoms with Gasteiger partial charge in [0, 0.05) is 24.5 Å². The number of β-lactam (4-membered cyclic amide) rings is 1. The number of benzene rings is 3. The van der Waals surface area contributed by atoms with Gasteiger partial charge in [-0.15, -0.1) is 0 Å². The van der Waals surface area contributed by atoms with Gasteiger partial charge < -0.3 is 15.1 Å². The molecule has 33 heavy (non-hydrogen) atoms. The van der Waals surface area contributed by atoms with E-state index in [1.807, 2.05) is 30.3 Å². The smallest absolute Gasteiger partial charge is 0.321 e. The molecule has 3 aromatic rings. The number of anilines is 2. The summed E-state index contributed by atoms with van der Waals surface area (Å²) >= 11 is 0. The fourth-order valence-electron chi connectivity index (χ4n) is 4.98. The van der Waals surface area contributed by atoms with Crippen molar-refractivity contribution in [2.75, 3.05) is 23.3 Å². The van der Waals surface area contributed by atoms with Crippen molar-refractivity contribution in [3.05, 3.63) is 96.1 Å². The molecular formula is C26H23F2N3O2. The number of nitrogens with one attached hydrogen (secondary N) is 1. The first kappa shape index (κ1) is 21.1. The number of hydrogen-bond donors (Lipinski definition) is 1. The van der Waals surface area contributed by atoms with Crippen LogP contribution >= 0.6 is 0 Å². The van der Waals surface area contributed by atoms with Crippen LogP contribution in [-0.4, -0.2) is 29.9 Å². The molecule has 2 aliphatic heterocycles. The zero-order valence-corrected chi connectivity index (χ0v) is 17.9. The van der Waals surface area contributed by atoms with Gasteiger partial charge >= 0.3 is 6.03 Å². The van der Waals surface area contributed by atoms with Crippen molar-refractivity contribution in [1.29, 1.82) is 0 Å². The normalized spacial score (nSPS) is 19.3. The lowest BCUT2D eigenvalue weighted by Crippen LogP contribution is -2.67. The van der Waals surface area contributed by atoms with Crippen molar-refractivity contribution in [3.8, 4) is 0 Å². The minimum atomic E-state index is -0.639. The molecule has 2 aliphatic rings. The molecule has 1 spiro atoms. The highest BCUT2D eigenvalue weighted by atomic mass is 19.1. The quantitative estimate of drug-likeness (QED) is 0.549. The van der Waals surface area contributed by atoms with E-state index in [1.165, 1.54) is 36.4 Å². The van der Waals surface area contributed by atoms with Crippen LogP contribution < -0.4 is 10.2 Å². The molecule has 1 unspecified atom stereocenters. The van der Waals surface area contributed by atoms with Crippen LogP contribution in [-0.2, 0) is 4.79 Å². The van der Waals surface area contributed by atoms with E-state index >= 15 is 0 Å². The van der Waals surface area contributed by atoms with E-state index in [0.717, 1.165) is 5.56 Å². The number of likely N-dealkylation sites (tertiary alicyclic amines) is 1. The monoisotopic (exact) mass is 447 g/mol. The second kappa shape index (κ2) is 8.31. The van der Waals surface area contributed by atoms with E-state index in [2.05, 4.69) is 5.32 Å². The number of halogens is 2. The molecule has 2 heterocycles. The van der Waals surface area contributed by atoms with Crippen LogP contribution in [0.25, 0.3) is 0 Å². The van der Waals surface area contributed by atoms with Gasteiger partial charge in [-0.05, 0) is 60.9 Å². The first-order chi connectivity index (χ1) is 16.0. The van der Waals surface area contributed by atoms with E-state index in [1.54, 1.807) is 21.9 Å². The predicted molar refractivity (Wildman–Crippen MR) is 122 cm³/mol. The molecule has 0 aliphatic carbocycles. The molecule has 3 amide bonds. The first-order valence-corrected chi connectivity index (χ1v) is 10.9. The molecule has 5 rings (SSSR count). The number of carbonyl (C=O) groups is 2. The molecule has 5 nitrogen and oxygen atoms in total. The second-order valence-corrected chi connectivity index (χ2v) is 8.55. The van der Waals surface area contributed by atoms with Crippen molar-refractivity contribution in [1.82, 2.24) is 4.90 Å². The molecule has 2 saturated heterocycles. The van der Waals surface area contributed by atoms with E-state index in [-0.39, 0.29) is 29.6 Å². The number of hydrogen-bond acceptors (Lipinski definition) is 2. The lowest BCUT2D eigenvalue weighted by molar-refractivity contribution is -0.144. The molecular weight excluding hydrogens is 424 g/mol. The molecule has 3 aromatic carbocycles. The van der Waals surface area contributed by atoms with Crippen molar-refractivity contribution < 1.29 is 18.4 Å². The van der Waals surface area contributed by atoms with E-state index in [0.29, 0.717) is 37.3 Å². The molecule has 0 saturated carbocycles. The zero-order chi connectivity index (χ0) is 23.0. The van der Waals surface area contributed by atoms with Gasteiger partial charge in [0.1, 0.15) is 11.6 Å². The van der Waals surface area contributed by atoms with Crippen LogP contribution in [0.5, 0.6) is 0 Å². The number of piperidine rings is 1. The number of nitrogens with zero attached hydrogens (tertiary/aromatic N) is 2. The van der Waals surface area contributed by atoms with Gasteiger partial charge in [0.25, 0.3) is 0 Å². The molecule has 1 N–H and O–H groups in total. The maximum absolute atomic E-state index is 13.9. The zero-order valence-electron chi connectivity index (χ0n) is 17.9. The van der Waals surface area contributed by atoms with Gasteiger partial charge in [0.2, 0.25) is 5.91 Å². The summed E-state index contributed by atoms with van der Waals surface area (Å²) in [6.45, 7) is 0.832. The highest BCUT2D eigenvalue weighted by molar-refractivity contribution is 6.06. The Kier molecular flexibility index (Phi) is 5.32. The third-order valence-electron chi connectivity index (χ3n) is 6.67. The summed E-state index contributed by atoms with van der Waals surface area (Å²) in [5, 5.41) is 2.78. The number of carbonyl (C=O) groups excluding carboxylic acids is 2. The highest BCUT2D eigenvalue weighted by Gasteiger charge is 2.62. The lowest BCUT2D eigenvalue weighted by Gasteiger charge is -2.59. The topological polar surface area (TPSA) is 52.7 Å². The van der Waals surface area contributed by atoms with Gasteiger partial charge in [0.15, 0.2) is 0 Å². The first-order valence-electron chi connectivity index (χ1n) is 10.9. The Morgan fingerprint density at radius 1 is 0.879 bits per heavy atom. The van der Waals surface area contributed by atoms with E-state index < -0.39 is 5.41 Å². The Morgan fingerprint density at radius 3 is 2.24 bits per heavy atom. The minimum absolute atomic E-state index is 0.0412. The van der Waals surface area contributed by atoms with Crippen LogP contribution in [0.4, 0.5) is 25.0 Å². The fraction of sp³-hybridized carbons (Fsp3) is 0.231. The summed E-state index contributed by atoms with van der Waals surface area (Å²) in [4.78, 5) is 29.5. The van der Waals surface area contributed by atoms with Crippen molar-refractivity contribution >= 4 is 23.3 Å². The van der Waals surface area contributed by atoms with Crippen molar-refractivity contribution in [2.45, 2.75) is 18.9 Å². The van der Waals surface area contributed by atoms with Gasteiger partial charge in [-0.3, -0.25) is 4.79 Å². The summed E-state index contributed by atoms with van der Waals surface area (Å²) in [5.41, 5.74) is 1.41. The Bertz CT molecular complexity index is 1180. The summed E-state index contributed by atoms with van der Waals surface area (Å²) in [6.07, 6.45) is 1.02. The molecule has 7 heteroatoms. The predicted octanol–water partition coefficient (Wildman–Crippen LogP) is 5.37. The van der Waals surface area contributed by atoms with Crippen LogP contribution in [0.3, 0.4) is 0 Å². The Labute approximate surface area is 190 Å². The third-order valence-corrected chi connectivity index (χ3v) is 6.67. The maximum atomic E-state index is 13.9. The molecule has 0 bridgehead atoms. The summed E-state index contributed by atoms with van der Waals surface area (Å²) < 4.78 is 27.0. The SMILES string of the molecule is O=C(Nc1ccc(F)cc1)N1CCC2(CC1)C(=O)N(c1cccc(F)c1)C2c1ccccc1. The minimum Gasteiger partial charge on any atom is -0.324 e. The summed E-state index contributed by atoms with van der Waals surface area (Å²) in [6, 6.07) is 20.9. The lowest BCUT2D eigenvalue weighted by atomic mass is 9.62. The number of rotatable bonds is 3. The van der Waals surface area contributed by atoms with E-state index in [4.69, 9.17) is 0 Å². The van der Waals surface area contributed by atoms with E-state index in [9.17, 15) is 18.4 Å². The van der Waals surface area contributed by atoms with Crippen LogP contribution in [0.15, 0.2) is 78.9 Å². The Morgan fingerprint density at radius 2 is 1.58 bits per heavy atom. The molecule has 1 atom stereocenters. The van der Waals surface area contributed by atoms with Gasteiger partial charge in [-0.2, -0.15) is 0 Å². The fourth-order valence-corrected chi connectivity index (χ4v) is 4.98. The summed E-state index contributed by atoms with van der Waals surface area (Å²) in [7, 11) is 0. The maximum Gasteiger partial charge on any atom is 0.321 e. The van der Waals surface area contributed by atoms with Crippen molar-refractivity contribution in [3.63, 3.8) is 0 Å².